The van der Waals surface area contributed by atoms with Crippen LogP contribution in [0.3, 0.4) is 0 Å². The van der Waals surface area contributed by atoms with Gasteiger partial charge in [0.1, 0.15) is 36.1 Å². The van der Waals surface area contributed by atoms with E-state index in [4.69, 9.17) is 9.47 Å². The summed E-state index contributed by atoms with van der Waals surface area (Å²) in [6.07, 6.45) is -7.39. The lowest BCUT2D eigenvalue weighted by Gasteiger charge is -2.40. The quantitative estimate of drug-likeness (QED) is 0.449. The number of rotatable bonds is 3. The topological polar surface area (TPSA) is 143 Å². The smallest absolute Gasteiger partial charge is 0.333 e. The second-order valence-electron chi connectivity index (χ2n) is 5.38. The van der Waals surface area contributed by atoms with Crippen LogP contribution in [-0.4, -0.2) is 67.7 Å². The lowest BCUT2D eigenvalue weighted by Crippen LogP contribution is -2.56. The molecule has 0 aliphatic carbocycles. The zero-order valence-electron chi connectivity index (χ0n) is 12.9. The number of aliphatic hydroxyl groups is 4. The van der Waals surface area contributed by atoms with Crippen LogP contribution in [0.2, 0.25) is 0 Å². The fraction of sp³-hybridized carbons (Fsp3) is 0.692. The van der Waals surface area contributed by atoms with E-state index >= 15 is 0 Å². The maximum Gasteiger partial charge on any atom is 0.333 e. The minimum atomic E-state index is -1.65. The average molecular weight is 332 g/mol. The second kappa shape index (κ2) is 6.42. The molecule has 0 radical (unpaired) electrons. The van der Waals surface area contributed by atoms with E-state index in [0.717, 1.165) is 9.13 Å². The van der Waals surface area contributed by atoms with Crippen LogP contribution in [0.5, 0.6) is 5.88 Å². The first-order chi connectivity index (χ1) is 10.8. The maximum atomic E-state index is 12.4. The molecule has 1 aromatic heterocycles. The van der Waals surface area contributed by atoms with Crippen LogP contribution >= 0.6 is 0 Å². The molecule has 1 unspecified atom stereocenters. The summed E-state index contributed by atoms with van der Waals surface area (Å²) in [5.41, 5.74) is -1.59. The van der Waals surface area contributed by atoms with Crippen LogP contribution in [0, 0.1) is 0 Å². The molecule has 4 N–H and O–H groups in total. The number of methoxy groups -OCH3 is 1. The molecular weight excluding hydrogens is 312 g/mol. The minimum absolute atomic E-state index is 0.137. The highest BCUT2D eigenvalue weighted by Crippen LogP contribution is 2.34. The zero-order valence-corrected chi connectivity index (χ0v) is 12.9. The molecule has 1 aromatic rings. The fourth-order valence-corrected chi connectivity index (χ4v) is 2.68. The van der Waals surface area contributed by atoms with Gasteiger partial charge in [-0.15, -0.1) is 0 Å². The second-order valence-corrected chi connectivity index (χ2v) is 5.38. The Morgan fingerprint density at radius 3 is 2.22 bits per heavy atom. The van der Waals surface area contributed by atoms with Gasteiger partial charge in [-0.3, -0.25) is 13.9 Å². The lowest BCUT2D eigenvalue weighted by molar-refractivity contribution is -0.232. The van der Waals surface area contributed by atoms with Crippen molar-refractivity contribution in [2.24, 2.45) is 14.1 Å². The van der Waals surface area contributed by atoms with Gasteiger partial charge in [0.2, 0.25) is 5.88 Å². The van der Waals surface area contributed by atoms with Crippen molar-refractivity contribution in [3.05, 3.63) is 26.4 Å². The van der Waals surface area contributed by atoms with E-state index in [2.05, 4.69) is 0 Å². The molecule has 1 aliphatic rings. The molecule has 5 atom stereocenters. The van der Waals surface area contributed by atoms with Gasteiger partial charge in [-0.05, 0) is 0 Å². The largest absolute Gasteiger partial charge is 0.482 e. The molecule has 10 heteroatoms. The van der Waals surface area contributed by atoms with Gasteiger partial charge in [0.05, 0.1) is 13.7 Å². The van der Waals surface area contributed by atoms with E-state index in [1.165, 1.54) is 21.2 Å². The van der Waals surface area contributed by atoms with Gasteiger partial charge in [0.15, 0.2) is 0 Å². The monoisotopic (exact) mass is 332 g/mol. The molecule has 0 saturated carbocycles. The van der Waals surface area contributed by atoms with Crippen molar-refractivity contribution in [1.82, 2.24) is 9.13 Å². The predicted molar refractivity (Wildman–Crippen MR) is 76.2 cm³/mol. The molecule has 1 aliphatic heterocycles. The minimum Gasteiger partial charge on any atom is -0.482 e. The Kier molecular flexibility index (Phi) is 4.92. The van der Waals surface area contributed by atoms with Gasteiger partial charge in [0, 0.05) is 14.1 Å². The van der Waals surface area contributed by atoms with Crippen molar-refractivity contribution in [1.29, 1.82) is 0 Å². The zero-order chi connectivity index (χ0) is 17.5. The number of nitrogens with zero attached hydrogens (tertiary/aromatic N) is 2. The Morgan fingerprint density at radius 1 is 1.09 bits per heavy atom. The molecule has 1 saturated heterocycles. The van der Waals surface area contributed by atoms with Crippen LogP contribution in [0.4, 0.5) is 0 Å². The van der Waals surface area contributed by atoms with E-state index < -0.39 is 48.4 Å². The SMILES string of the molecule is COc1c(C2O[C@H](CO)[C@@H](O)[C@H](O)[C@H]2O)c(=O)n(C)c(=O)n1C. The normalized spacial score (nSPS) is 31.2. The third-order valence-corrected chi connectivity index (χ3v) is 4.01. The fourth-order valence-electron chi connectivity index (χ4n) is 2.68. The summed E-state index contributed by atoms with van der Waals surface area (Å²) >= 11 is 0. The lowest BCUT2D eigenvalue weighted by atomic mass is 9.92. The highest BCUT2D eigenvalue weighted by atomic mass is 16.5. The predicted octanol–water partition coefficient (Wildman–Crippen LogP) is -3.39. The van der Waals surface area contributed by atoms with Gasteiger partial charge in [0.25, 0.3) is 5.56 Å². The molecule has 0 amide bonds. The highest BCUT2D eigenvalue weighted by molar-refractivity contribution is 5.29. The number of hydrogen-bond donors (Lipinski definition) is 4. The first-order valence-corrected chi connectivity index (χ1v) is 6.90. The van der Waals surface area contributed by atoms with Gasteiger partial charge in [-0.2, -0.15) is 0 Å². The van der Waals surface area contributed by atoms with Crippen molar-refractivity contribution >= 4 is 0 Å². The first-order valence-electron chi connectivity index (χ1n) is 6.90. The standard InChI is InChI=1S/C13H20N2O8/c1-14-11(20)6(12(22-3)15(2)13(14)21)10-9(19)8(18)7(17)5(4-16)23-10/h5,7-10,16-19H,4H2,1-3H3/t5-,7-,8+,9-,10?/m1/s1. The summed E-state index contributed by atoms with van der Waals surface area (Å²) in [6.45, 7) is -0.629. The molecule has 10 nitrogen and oxygen atoms in total. The van der Waals surface area contributed by atoms with E-state index in [1.54, 1.807) is 0 Å². The summed E-state index contributed by atoms with van der Waals surface area (Å²) in [4.78, 5) is 24.4. The van der Waals surface area contributed by atoms with Crippen molar-refractivity contribution in [2.45, 2.75) is 30.5 Å². The first kappa shape index (κ1) is 17.6. The summed E-state index contributed by atoms with van der Waals surface area (Å²) in [6, 6.07) is 0. The molecule has 2 heterocycles. The van der Waals surface area contributed by atoms with Crippen LogP contribution in [0.25, 0.3) is 0 Å². The number of aromatic nitrogens is 2. The average Bonchev–Trinajstić information content (AvgIpc) is 2.55. The van der Waals surface area contributed by atoms with Gasteiger partial charge in [-0.25, -0.2) is 4.79 Å². The molecule has 23 heavy (non-hydrogen) atoms. The summed E-state index contributed by atoms with van der Waals surface area (Å²) in [5.74, 6) is -0.137. The van der Waals surface area contributed by atoms with Crippen molar-refractivity contribution in [3.8, 4) is 5.88 Å². The van der Waals surface area contributed by atoms with Crippen LogP contribution in [0.1, 0.15) is 11.7 Å². The van der Waals surface area contributed by atoms with Crippen molar-refractivity contribution in [3.63, 3.8) is 0 Å². The maximum absolute atomic E-state index is 12.4. The molecule has 0 bridgehead atoms. The molecule has 0 aromatic carbocycles. The van der Waals surface area contributed by atoms with Crippen LogP contribution < -0.4 is 16.0 Å². The number of ether oxygens (including phenoxy) is 2. The highest BCUT2D eigenvalue weighted by Gasteiger charge is 2.46. The third kappa shape index (κ3) is 2.68. The third-order valence-electron chi connectivity index (χ3n) is 4.01. The van der Waals surface area contributed by atoms with Gasteiger partial charge in [-0.1, -0.05) is 0 Å². The summed E-state index contributed by atoms with van der Waals surface area (Å²) in [5, 5.41) is 39.1. The summed E-state index contributed by atoms with van der Waals surface area (Å²) < 4.78 is 12.3. The van der Waals surface area contributed by atoms with E-state index in [-0.39, 0.29) is 11.4 Å². The Labute approximate surface area is 130 Å². The van der Waals surface area contributed by atoms with E-state index in [0.29, 0.717) is 0 Å². The Bertz CT molecular complexity index is 694. The molecule has 2 rings (SSSR count). The van der Waals surface area contributed by atoms with Crippen molar-refractivity contribution in [2.75, 3.05) is 13.7 Å². The van der Waals surface area contributed by atoms with Gasteiger partial charge >= 0.3 is 5.69 Å². The van der Waals surface area contributed by atoms with Crippen LogP contribution in [0.15, 0.2) is 9.59 Å². The summed E-state index contributed by atoms with van der Waals surface area (Å²) in [7, 11) is 3.85. The van der Waals surface area contributed by atoms with Crippen molar-refractivity contribution < 1.29 is 29.9 Å². The van der Waals surface area contributed by atoms with Gasteiger partial charge < -0.3 is 29.9 Å². The van der Waals surface area contributed by atoms with E-state index in [9.17, 15) is 30.0 Å². The molecule has 0 spiro atoms. The Balaban J connectivity index is 2.66. The number of hydrogen-bond acceptors (Lipinski definition) is 8. The molecule has 130 valence electrons. The molecule has 1 fully saturated rings. The van der Waals surface area contributed by atoms with E-state index in [1.807, 2.05) is 0 Å². The molecular formula is C13H20N2O8. The number of aliphatic hydroxyl groups excluding tert-OH is 4. The Morgan fingerprint density at radius 2 is 1.70 bits per heavy atom. The Hall–Kier alpha value is -1.72. The van der Waals surface area contributed by atoms with Crippen LogP contribution in [-0.2, 0) is 18.8 Å².